The highest BCUT2D eigenvalue weighted by atomic mass is 35.5. The van der Waals surface area contributed by atoms with Gasteiger partial charge in [-0.3, -0.25) is 0 Å². The molecule has 0 amide bonds. The first kappa shape index (κ1) is 18.4. The molecule has 6 heteroatoms. The Morgan fingerprint density at radius 3 is 2.65 bits per heavy atom. The van der Waals surface area contributed by atoms with Gasteiger partial charge in [0.25, 0.3) is 0 Å². The molecule has 0 aliphatic heterocycles. The molecule has 2 rings (SSSR count). The Labute approximate surface area is 148 Å². The molecule has 23 heavy (non-hydrogen) atoms. The summed E-state index contributed by atoms with van der Waals surface area (Å²) in [6, 6.07) is 5.18. The minimum atomic E-state index is -0.267. The summed E-state index contributed by atoms with van der Waals surface area (Å²) in [5.74, 6) is -0.267. The Hall–Kier alpha value is -0.910. The van der Waals surface area contributed by atoms with Gasteiger partial charge in [-0.25, -0.2) is 4.39 Å². The van der Waals surface area contributed by atoms with Gasteiger partial charge in [-0.05, 0) is 37.2 Å². The Balaban J connectivity index is 1.96. The fourth-order valence-electron chi connectivity index (χ4n) is 3.12. The number of hydrogen-bond acceptors (Lipinski definition) is 1. The van der Waals surface area contributed by atoms with Gasteiger partial charge in [-0.2, -0.15) is 0 Å². The molecule has 128 valence electrons. The van der Waals surface area contributed by atoms with Crippen molar-refractivity contribution in [3.05, 3.63) is 34.6 Å². The molecule has 1 atom stereocenters. The SMILES string of the molecule is C[NH+](C)[C@@H](CNC(=S)NC1CCCCC1)c1c(F)cccc1Cl. The average Bonchev–Trinajstić information content (AvgIpc) is 2.50. The fourth-order valence-corrected chi connectivity index (χ4v) is 3.66. The predicted octanol–water partition coefficient (Wildman–Crippen LogP) is 2.46. The molecule has 3 N–H and O–H groups in total. The van der Waals surface area contributed by atoms with E-state index in [9.17, 15) is 4.39 Å². The zero-order valence-electron chi connectivity index (χ0n) is 13.8. The van der Waals surface area contributed by atoms with Crippen molar-refractivity contribution in [3.8, 4) is 0 Å². The maximum absolute atomic E-state index is 14.2. The number of halogens is 2. The highest BCUT2D eigenvalue weighted by Gasteiger charge is 2.25. The van der Waals surface area contributed by atoms with Crippen LogP contribution in [-0.2, 0) is 0 Å². The molecule has 1 saturated carbocycles. The number of quaternary nitrogens is 1. The number of hydrogen-bond donors (Lipinski definition) is 3. The van der Waals surface area contributed by atoms with Crippen molar-refractivity contribution in [1.82, 2.24) is 10.6 Å². The lowest BCUT2D eigenvalue weighted by atomic mass is 9.96. The molecule has 1 aliphatic carbocycles. The molecule has 1 aromatic carbocycles. The van der Waals surface area contributed by atoms with E-state index in [0.29, 0.717) is 28.3 Å². The molecule has 1 aromatic rings. The highest BCUT2D eigenvalue weighted by Crippen LogP contribution is 2.24. The van der Waals surface area contributed by atoms with Crippen LogP contribution in [0.3, 0.4) is 0 Å². The van der Waals surface area contributed by atoms with Crippen LogP contribution in [-0.4, -0.2) is 31.8 Å². The van der Waals surface area contributed by atoms with Crippen molar-refractivity contribution < 1.29 is 9.29 Å². The standard InChI is InChI=1S/C17H25ClFN3S/c1-22(2)15(16-13(18)9-6-10-14(16)19)11-20-17(23)21-12-7-4-3-5-8-12/h6,9-10,12,15H,3-5,7-8,11H2,1-2H3,(H2,20,21,23)/p+1/t15-/m0/s1. The molecule has 0 saturated heterocycles. The second-order valence-corrected chi connectivity index (χ2v) is 7.27. The first-order chi connectivity index (χ1) is 11.0. The van der Waals surface area contributed by atoms with Crippen LogP contribution in [0.5, 0.6) is 0 Å². The third-order valence-corrected chi connectivity index (χ3v) is 5.04. The first-order valence-electron chi connectivity index (χ1n) is 8.27. The van der Waals surface area contributed by atoms with E-state index in [1.807, 2.05) is 14.1 Å². The molecular weight excluding hydrogens is 333 g/mol. The fraction of sp³-hybridized carbons (Fsp3) is 0.588. The second-order valence-electron chi connectivity index (χ2n) is 6.45. The van der Waals surface area contributed by atoms with E-state index in [0.717, 1.165) is 4.90 Å². The van der Waals surface area contributed by atoms with Gasteiger partial charge in [0, 0.05) is 6.04 Å². The second kappa shape index (κ2) is 8.81. The minimum absolute atomic E-state index is 0.102. The van der Waals surface area contributed by atoms with Crippen molar-refractivity contribution in [3.63, 3.8) is 0 Å². The summed E-state index contributed by atoms with van der Waals surface area (Å²) in [6.45, 7) is 0.543. The van der Waals surface area contributed by atoms with Crippen LogP contribution < -0.4 is 15.5 Å². The molecule has 0 unspecified atom stereocenters. The Bertz CT molecular complexity index is 512. The van der Waals surface area contributed by atoms with Gasteiger partial charge < -0.3 is 15.5 Å². The van der Waals surface area contributed by atoms with E-state index >= 15 is 0 Å². The smallest absolute Gasteiger partial charge is 0.166 e. The number of rotatable bonds is 5. The van der Waals surface area contributed by atoms with Crippen molar-refractivity contribution in [2.75, 3.05) is 20.6 Å². The summed E-state index contributed by atoms with van der Waals surface area (Å²) in [4.78, 5) is 1.10. The Kier molecular flexibility index (Phi) is 7.06. The van der Waals surface area contributed by atoms with E-state index < -0.39 is 0 Å². The van der Waals surface area contributed by atoms with Crippen LogP contribution in [0, 0.1) is 5.82 Å². The summed E-state index contributed by atoms with van der Waals surface area (Å²) in [7, 11) is 3.99. The lowest BCUT2D eigenvalue weighted by molar-refractivity contribution is -0.890. The van der Waals surface area contributed by atoms with Gasteiger partial charge >= 0.3 is 0 Å². The van der Waals surface area contributed by atoms with Crippen LogP contribution in [0.25, 0.3) is 0 Å². The monoisotopic (exact) mass is 358 g/mol. The first-order valence-corrected chi connectivity index (χ1v) is 9.06. The Morgan fingerprint density at radius 1 is 1.35 bits per heavy atom. The van der Waals surface area contributed by atoms with Crippen LogP contribution in [0.1, 0.15) is 43.7 Å². The molecule has 1 aliphatic rings. The normalized spacial score (nSPS) is 17.1. The molecule has 0 heterocycles. The molecule has 0 radical (unpaired) electrons. The molecule has 0 bridgehead atoms. The number of likely N-dealkylation sites (N-methyl/N-ethyl adjacent to an activating group) is 1. The van der Waals surface area contributed by atoms with Gasteiger partial charge in [-0.15, -0.1) is 0 Å². The van der Waals surface area contributed by atoms with Gasteiger partial charge in [0.15, 0.2) is 5.11 Å². The zero-order valence-corrected chi connectivity index (χ0v) is 15.4. The van der Waals surface area contributed by atoms with Crippen molar-refractivity contribution in [2.45, 2.75) is 44.2 Å². The largest absolute Gasteiger partial charge is 0.360 e. The summed E-state index contributed by atoms with van der Waals surface area (Å²) in [5, 5.41) is 7.73. The number of thiocarbonyl (C=S) groups is 1. The Morgan fingerprint density at radius 2 is 2.04 bits per heavy atom. The van der Waals surface area contributed by atoms with Gasteiger partial charge in [0.2, 0.25) is 0 Å². The summed E-state index contributed by atoms with van der Waals surface area (Å²) in [6.07, 6.45) is 6.17. The topological polar surface area (TPSA) is 28.5 Å². The zero-order chi connectivity index (χ0) is 16.8. The van der Waals surface area contributed by atoms with Crippen molar-refractivity contribution in [1.29, 1.82) is 0 Å². The lowest BCUT2D eigenvalue weighted by Crippen LogP contribution is -3.07. The quantitative estimate of drug-likeness (QED) is 0.706. The average molecular weight is 359 g/mol. The van der Waals surface area contributed by atoms with Gasteiger partial charge in [0.1, 0.15) is 11.9 Å². The minimum Gasteiger partial charge on any atom is -0.360 e. The van der Waals surface area contributed by atoms with E-state index in [2.05, 4.69) is 10.6 Å². The molecule has 1 fully saturated rings. The van der Waals surface area contributed by atoms with Gasteiger partial charge in [-0.1, -0.05) is 36.9 Å². The van der Waals surface area contributed by atoms with Crippen LogP contribution in [0.15, 0.2) is 18.2 Å². The number of benzene rings is 1. The van der Waals surface area contributed by atoms with E-state index in [1.54, 1.807) is 12.1 Å². The third kappa shape index (κ3) is 5.30. The number of nitrogens with one attached hydrogen (secondary N) is 3. The maximum atomic E-state index is 14.2. The summed E-state index contributed by atoms with van der Waals surface area (Å²) >= 11 is 11.6. The molecule has 0 aromatic heterocycles. The summed E-state index contributed by atoms with van der Waals surface area (Å²) in [5.41, 5.74) is 0.544. The highest BCUT2D eigenvalue weighted by molar-refractivity contribution is 7.80. The maximum Gasteiger partial charge on any atom is 0.166 e. The molecular formula is C17H26ClFN3S+. The van der Waals surface area contributed by atoms with E-state index in [-0.39, 0.29) is 11.9 Å². The predicted molar refractivity (Wildman–Crippen MR) is 97.6 cm³/mol. The van der Waals surface area contributed by atoms with E-state index in [1.165, 1.54) is 38.2 Å². The summed E-state index contributed by atoms with van der Waals surface area (Å²) < 4.78 is 14.2. The van der Waals surface area contributed by atoms with Crippen molar-refractivity contribution >= 4 is 28.9 Å². The molecule has 3 nitrogen and oxygen atoms in total. The van der Waals surface area contributed by atoms with Crippen LogP contribution in [0.2, 0.25) is 5.02 Å². The van der Waals surface area contributed by atoms with Crippen molar-refractivity contribution in [2.24, 2.45) is 0 Å². The van der Waals surface area contributed by atoms with Gasteiger partial charge in [0.05, 0.1) is 31.2 Å². The lowest BCUT2D eigenvalue weighted by Gasteiger charge is -2.27. The van der Waals surface area contributed by atoms with Crippen LogP contribution in [0.4, 0.5) is 4.39 Å². The third-order valence-electron chi connectivity index (χ3n) is 4.45. The van der Waals surface area contributed by atoms with E-state index in [4.69, 9.17) is 23.8 Å². The molecule has 0 spiro atoms. The van der Waals surface area contributed by atoms with Crippen LogP contribution >= 0.6 is 23.8 Å².